The highest BCUT2D eigenvalue weighted by Gasteiger charge is 2.67. The molecule has 1 aromatic heterocycles. The van der Waals surface area contributed by atoms with E-state index in [4.69, 9.17) is 40.0 Å². The summed E-state index contributed by atoms with van der Waals surface area (Å²) in [5.41, 5.74) is -1.23. The lowest BCUT2D eigenvalue weighted by molar-refractivity contribution is -0.0907. The zero-order chi connectivity index (χ0) is 36.1. The summed E-state index contributed by atoms with van der Waals surface area (Å²) in [5, 5.41) is 15.0. The van der Waals surface area contributed by atoms with Gasteiger partial charge in [0.05, 0.1) is 29.8 Å². The van der Waals surface area contributed by atoms with Gasteiger partial charge in [-0.15, -0.1) is 5.10 Å². The van der Waals surface area contributed by atoms with Crippen LogP contribution in [0.5, 0.6) is 17.2 Å². The van der Waals surface area contributed by atoms with E-state index in [0.717, 1.165) is 17.1 Å². The lowest BCUT2D eigenvalue weighted by Crippen LogP contribution is -2.65. The molecule has 3 fully saturated rings. The number of ether oxygens (including phenoxy) is 6. The number of amides is 1. The zero-order valence-electron chi connectivity index (χ0n) is 28.7. The van der Waals surface area contributed by atoms with Crippen molar-refractivity contribution in [2.75, 3.05) is 33.1 Å². The van der Waals surface area contributed by atoms with Gasteiger partial charge in [0.25, 0.3) is 0 Å². The molecule has 14 nitrogen and oxygen atoms in total. The van der Waals surface area contributed by atoms with E-state index in [1.165, 1.54) is 21.3 Å². The minimum atomic E-state index is -4.12. The molecule has 5 atom stereocenters. The normalized spacial score (nSPS) is 26.7. The number of nitrogens with zero attached hydrogens (tertiary/aromatic N) is 4. The van der Waals surface area contributed by atoms with Crippen molar-refractivity contribution in [1.29, 1.82) is 0 Å². The van der Waals surface area contributed by atoms with Crippen molar-refractivity contribution in [3.05, 3.63) is 58.1 Å². The van der Waals surface area contributed by atoms with E-state index in [-0.39, 0.29) is 62.2 Å². The first-order valence-electron chi connectivity index (χ1n) is 16.8. The summed E-state index contributed by atoms with van der Waals surface area (Å²) < 4.78 is 70.3. The van der Waals surface area contributed by atoms with E-state index in [0.29, 0.717) is 40.3 Å². The highest BCUT2D eigenvalue weighted by molar-refractivity contribution is 7.89. The molecule has 3 aromatic rings. The van der Waals surface area contributed by atoms with Crippen LogP contribution in [0.1, 0.15) is 45.4 Å². The first kappa shape index (κ1) is 36.1. The molecule has 3 saturated heterocycles. The number of carbonyl (C=O) groups is 1. The highest BCUT2D eigenvalue weighted by Crippen LogP contribution is 2.53. The average molecular weight is 765 g/mol. The highest BCUT2D eigenvalue weighted by atomic mass is 35.5. The van der Waals surface area contributed by atoms with Gasteiger partial charge in [-0.05, 0) is 62.4 Å². The van der Waals surface area contributed by atoms with Gasteiger partial charge in [-0.2, -0.15) is 4.31 Å². The predicted octanol–water partition coefficient (Wildman–Crippen LogP) is 5.25. The molecule has 1 amide bonds. The summed E-state index contributed by atoms with van der Waals surface area (Å²) >= 11 is 7.23. The molecular formula is C34H41ClN4O10S2. The summed E-state index contributed by atoms with van der Waals surface area (Å²) in [6.45, 7) is 8.20. The first-order chi connectivity index (χ1) is 24.3. The molecule has 276 valence electrons. The van der Waals surface area contributed by atoms with Crippen LogP contribution in [0.2, 0.25) is 4.34 Å². The third-order valence-electron chi connectivity index (χ3n) is 10.0. The molecule has 0 bridgehead atoms. The van der Waals surface area contributed by atoms with Crippen molar-refractivity contribution >= 4 is 39.2 Å². The number of benzene rings is 2. The Balaban J connectivity index is 1.28. The molecule has 2 aromatic carbocycles. The SMILES string of the molecule is CC(C)CN(C[C@H]1OC(C)(C)N(C(=O)O)[C@@]1(Cc1ccc(OCc2nnsc2Cl)cc1)[C@@H]1CO[C@H]2OCC[C@H]21)S(=O)(=O)c1ccc2c(c1)OCO2. The Morgan fingerprint density at radius 2 is 1.92 bits per heavy atom. The van der Waals surface area contributed by atoms with Crippen LogP contribution in [0, 0.1) is 17.8 Å². The summed E-state index contributed by atoms with van der Waals surface area (Å²) in [5.74, 6) is 0.818. The fraction of sp³-hybridized carbons (Fsp3) is 0.559. The molecular weight excluding hydrogens is 724 g/mol. The van der Waals surface area contributed by atoms with Crippen LogP contribution in [0.3, 0.4) is 0 Å². The van der Waals surface area contributed by atoms with Crippen LogP contribution < -0.4 is 14.2 Å². The Kier molecular flexibility index (Phi) is 9.88. The number of hydrogen-bond acceptors (Lipinski definition) is 12. The first-order valence-corrected chi connectivity index (χ1v) is 19.4. The van der Waals surface area contributed by atoms with Crippen LogP contribution in [-0.4, -0.2) is 95.2 Å². The molecule has 51 heavy (non-hydrogen) atoms. The molecule has 0 aliphatic carbocycles. The molecule has 1 N–H and O–H groups in total. The van der Waals surface area contributed by atoms with Gasteiger partial charge in [0.1, 0.15) is 28.1 Å². The van der Waals surface area contributed by atoms with Gasteiger partial charge in [-0.25, -0.2) is 13.2 Å². The molecule has 4 aliphatic rings. The Bertz CT molecular complexity index is 1860. The predicted molar refractivity (Wildman–Crippen MR) is 184 cm³/mol. The Morgan fingerprint density at radius 1 is 1.16 bits per heavy atom. The molecule has 0 radical (unpaired) electrons. The van der Waals surface area contributed by atoms with Crippen molar-refractivity contribution in [3.8, 4) is 17.2 Å². The second-order valence-corrected chi connectivity index (χ2v) is 17.4. The summed E-state index contributed by atoms with van der Waals surface area (Å²) in [6, 6.07) is 11.9. The maximum Gasteiger partial charge on any atom is 0.410 e. The van der Waals surface area contributed by atoms with Gasteiger partial charge < -0.3 is 33.5 Å². The fourth-order valence-electron chi connectivity index (χ4n) is 7.97. The fourth-order valence-corrected chi connectivity index (χ4v) is 10.2. The van der Waals surface area contributed by atoms with Crippen molar-refractivity contribution in [1.82, 2.24) is 18.8 Å². The standard InChI is InChI=1S/C34H41ClN4O10S2/c1-20(2)15-38(51(42,43)23-9-10-27-28(13-23)48-19-47-27)16-29-34(39(32(40)41)33(3,4)49-29,25-17-46-31-24(25)11-12-44-31)14-21-5-7-22(8-6-21)45-18-26-30(35)50-37-36-26/h5-10,13,20,24-25,29,31H,11-12,14-19H2,1-4H3,(H,40,41)/t24-,25+,29+,31+,34-/m0/s1. The van der Waals surface area contributed by atoms with Gasteiger partial charge >= 0.3 is 6.09 Å². The number of halogens is 1. The minimum Gasteiger partial charge on any atom is -0.487 e. The summed E-state index contributed by atoms with van der Waals surface area (Å²) in [6.07, 6.45) is -1.67. The average Bonchev–Trinajstić information content (AvgIpc) is 3.90. The number of aromatic nitrogens is 2. The molecule has 0 unspecified atom stereocenters. The maximum absolute atomic E-state index is 14.5. The van der Waals surface area contributed by atoms with Crippen LogP contribution in [-0.2, 0) is 37.3 Å². The number of rotatable bonds is 12. The van der Waals surface area contributed by atoms with Gasteiger partial charge in [0, 0.05) is 42.5 Å². The molecule has 5 heterocycles. The van der Waals surface area contributed by atoms with Crippen LogP contribution >= 0.6 is 23.1 Å². The monoisotopic (exact) mass is 764 g/mol. The van der Waals surface area contributed by atoms with E-state index in [2.05, 4.69) is 9.59 Å². The largest absolute Gasteiger partial charge is 0.487 e. The van der Waals surface area contributed by atoms with E-state index in [1.54, 1.807) is 32.0 Å². The Morgan fingerprint density at radius 3 is 2.63 bits per heavy atom. The van der Waals surface area contributed by atoms with Crippen LogP contribution in [0.25, 0.3) is 0 Å². The number of carboxylic acid groups (broad SMARTS) is 1. The van der Waals surface area contributed by atoms with E-state index >= 15 is 0 Å². The van der Waals surface area contributed by atoms with E-state index in [1.807, 2.05) is 26.0 Å². The summed E-state index contributed by atoms with van der Waals surface area (Å²) in [4.78, 5) is 14.9. The quantitative estimate of drug-likeness (QED) is 0.256. The molecule has 0 saturated carbocycles. The van der Waals surface area contributed by atoms with Crippen LogP contribution in [0.4, 0.5) is 4.79 Å². The molecule has 7 rings (SSSR count). The van der Waals surface area contributed by atoms with E-state index < -0.39 is 39.8 Å². The smallest absolute Gasteiger partial charge is 0.410 e. The van der Waals surface area contributed by atoms with Gasteiger partial charge in [0.2, 0.25) is 16.8 Å². The topological polar surface area (TPSA) is 159 Å². The lowest BCUT2D eigenvalue weighted by atomic mass is 9.69. The number of sulfonamides is 1. The van der Waals surface area contributed by atoms with Crippen LogP contribution in [0.15, 0.2) is 47.4 Å². The number of hydrogen-bond donors (Lipinski definition) is 1. The second kappa shape index (κ2) is 14.0. The third-order valence-corrected chi connectivity index (χ3v) is 12.8. The zero-order valence-corrected chi connectivity index (χ0v) is 31.1. The van der Waals surface area contributed by atoms with Gasteiger partial charge in [-0.1, -0.05) is 42.1 Å². The second-order valence-electron chi connectivity index (χ2n) is 14.1. The van der Waals surface area contributed by atoms with Gasteiger partial charge in [0.15, 0.2) is 17.8 Å². The maximum atomic E-state index is 14.5. The molecule has 0 spiro atoms. The minimum absolute atomic E-state index is 0.00709. The van der Waals surface area contributed by atoms with E-state index in [9.17, 15) is 18.3 Å². The third kappa shape index (κ3) is 6.75. The lowest BCUT2D eigenvalue weighted by Gasteiger charge is -2.47. The van der Waals surface area contributed by atoms with Gasteiger partial charge in [-0.3, -0.25) is 4.90 Å². The number of fused-ring (bicyclic) bond motifs is 2. The van der Waals surface area contributed by atoms with Crippen molar-refractivity contribution in [3.63, 3.8) is 0 Å². The Labute approximate surface area is 305 Å². The van der Waals surface area contributed by atoms with Crippen molar-refractivity contribution in [2.45, 2.75) is 75.7 Å². The van der Waals surface area contributed by atoms with Crippen molar-refractivity contribution < 1.29 is 46.7 Å². The van der Waals surface area contributed by atoms with Crippen molar-refractivity contribution in [2.24, 2.45) is 17.8 Å². The summed E-state index contributed by atoms with van der Waals surface area (Å²) in [7, 11) is -4.12. The molecule has 4 aliphatic heterocycles. The Hall–Kier alpha value is -3.25. The molecule has 17 heteroatoms.